The molecule has 1 aromatic rings. The summed E-state index contributed by atoms with van der Waals surface area (Å²) in [5.74, 6) is 3.01. The molecule has 1 aromatic heterocycles. The van der Waals surface area contributed by atoms with Crippen LogP contribution in [-0.4, -0.2) is 49.7 Å². The maximum Gasteiger partial charge on any atom is 0.213 e. The molecule has 132 valence electrons. The van der Waals surface area contributed by atoms with Crippen molar-refractivity contribution in [3.63, 3.8) is 0 Å². The Hall–Kier alpha value is -0.830. The summed E-state index contributed by atoms with van der Waals surface area (Å²) < 4.78 is 11.2. The average molecular weight is 436 g/mol. The number of hydrogen-bond acceptors (Lipinski definition) is 4. The van der Waals surface area contributed by atoms with Gasteiger partial charge in [-0.05, 0) is 6.42 Å². The van der Waals surface area contributed by atoms with Crippen LogP contribution in [0, 0.1) is 5.92 Å². The van der Waals surface area contributed by atoms with Gasteiger partial charge >= 0.3 is 0 Å². The maximum absolute atomic E-state index is 5.79. The number of oxazole rings is 1. The van der Waals surface area contributed by atoms with Gasteiger partial charge < -0.3 is 19.4 Å². The molecule has 0 amide bonds. The summed E-state index contributed by atoms with van der Waals surface area (Å²) in [6.07, 6.45) is 2.93. The minimum absolute atomic E-state index is 0. The van der Waals surface area contributed by atoms with Gasteiger partial charge in [-0.15, -0.1) is 24.0 Å². The zero-order valence-corrected chi connectivity index (χ0v) is 17.1. The first-order valence-corrected chi connectivity index (χ1v) is 7.85. The van der Waals surface area contributed by atoms with Gasteiger partial charge in [0.2, 0.25) is 5.89 Å². The van der Waals surface area contributed by atoms with E-state index in [0.717, 1.165) is 37.9 Å². The molecule has 2 heterocycles. The van der Waals surface area contributed by atoms with Crippen LogP contribution in [0.5, 0.6) is 0 Å². The summed E-state index contributed by atoms with van der Waals surface area (Å²) in [7, 11) is 3.84. The van der Waals surface area contributed by atoms with Crippen LogP contribution in [0.4, 0.5) is 0 Å². The molecule has 2 rings (SSSR count). The van der Waals surface area contributed by atoms with Crippen molar-refractivity contribution in [2.75, 3.05) is 33.9 Å². The third kappa shape index (κ3) is 5.95. The Morgan fingerprint density at radius 1 is 1.48 bits per heavy atom. The van der Waals surface area contributed by atoms with Crippen LogP contribution in [0.25, 0.3) is 0 Å². The number of aromatic nitrogens is 1. The molecule has 0 saturated carbocycles. The molecule has 0 aromatic carbocycles. The first-order chi connectivity index (χ1) is 10.4. The van der Waals surface area contributed by atoms with Crippen LogP contribution in [0.3, 0.4) is 0 Å². The molecule has 6 nitrogen and oxygen atoms in total. The Labute approximate surface area is 156 Å². The minimum atomic E-state index is -0.0216. The molecule has 0 aliphatic carbocycles. The van der Waals surface area contributed by atoms with Crippen molar-refractivity contribution >= 4 is 29.9 Å². The van der Waals surface area contributed by atoms with Gasteiger partial charge in [-0.25, -0.2) is 4.98 Å². The highest BCUT2D eigenvalue weighted by atomic mass is 127. The number of halogens is 1. The molecule has 23 heavy (non-hydrogen) atoms. The van der Waals surface area contributed by atoms with Gasteiger partial charge in [0.25, 0.3) is 0 Å². The monoisotopic (exact) mass is 436 g/mol. The number of aliphatic imine (C=N–C) groups is 1. The molecule has 1 atom stereocenters. The van der Waals surface area contributed by atoms with Crippen LogP contribution < -0.4 is 5.32 Å². The van der Waals surface area contributed by atoms with Crippen LogP contribution >= 0.6 is 24.0 Å². The molecule has 1 unspecified atom stereocenters. The number of guanidine groups is 1. The van der Waals surface area contributed by atoms with Crippen LogP contribution in [0.2, 0.25) is 0 Å². The topological polar surface area (TPSA) is 62.9 Å². The van der Waals surface area contributed by atoms with Gasteiger partial charge in [-0.3, -0.25) is 4.99 Å². The smallest absolute Gasteiger partial charge is 0.213 e. The summed E-state index contributed by atoms with van der Waals surface area (Å²) in [6.45, 7) is 9.53. The van der Waals surface area contributed by atoms with Crippen molar-refractivity contribution < 1.29 is 9.15 Å². The van der Waals surface area contributed by atoms with Gasteiger partial charge in [-0.2, -0.15) is 0 Å². The van der Waals surface area contributed by atoms with Crippen LogP contribution in [0.1, 0.15) is 38.8 Å². The summed E-state index contributed by atoms with van der Waals surface area (Å²) in [5.41, 5.74) is -0.0216. The molecule has 1 aliphatic heterocycles. The van der Waals surface area contributed by atoms with E-state index in [0.29, 0.717) is 18.4 Å². The Morgan fingerprint density at radius 3 is 2.74 bits per heavy atom. The average Bonchev–Trinajstić information content (AvgIpc) is 3.09. The molecule has 0 radical (unpaired) electrons. The van der Waals surface area contributed by atoms with E-state index in [1.807, 2.05) is 7.05 Å². The molecular formula is C16H29IN4O2. The molecular weight excluding hydrogens is 407 g/mol. The first kappa shape index (κ1) is 20.2. The molecule has 1 aliphatic rings. The summed E-state index contributed by atoms with van der Waals surface area (Å²) in [5, 5.41) is 3.30. The van der Waals surface area contributed by atoms with E-state index in [-0.39, 0.29) is 29.4 Å². The lowest BCUT2D eigenvalue weighted by Gasteiger charge is -2.24. The molecule has 1 saturated heterocycles. The third-order valence-electron chi connectivity index (χ3n) is 3.82. The number of nitrogens with one attached hydrogen (secondary N) is 1. The highest BCUT2D eigenvalue weighted by Crippen LogP contribution is 2.22. The maximum atomic E-state index is 5.79. The molecule has 0 spiro atoms. The second kappa shape index (κ2) is 8.86. The van der Waals surface area contributed by atoms with Gasteiger partial charge in [0.05, 0.1) is 19.3 Å². The van der Waals surface area contributed by atoms with Crippen molar-refractivity contribution in [3.05, 3.63) is 17.8 Å². The number of ether oxygens (including phenoxy) is 1. The van der Waals surface area contributed by atoms with Crippen molar-refractivity contribution in [1.29, 1.82) is 0 Å². The zero-order chi connectivity index (χ0) is 16.2. The lowest BCUT2D eigenvalue weighted by Crippen LogP contribution is -2.41. The summed E-state index contributed by atoms with van der Waals surface area (Å²) in [6, 6.07) is 0. The Kier molecular flexibility index (Phi) is 7.79. The third-order valence-corrected chi connectivity index (χ3v) is 3.82. The molecule has 0 bridgehead atoms. The van der Waals surface area contributed by atoms with E-state index in [1.54, 1.807) is 13.2 Å². The van der Waals surface area contributed by atoms with E-state index in [4.69, 9.17) is 9.15 Å². The minimum Gasteiger partial charge on any atom is -0.443 e. The fraction of sp³-hybridized carbons (Fsp3) is 0.750. The van der Waals surface area contributed by atoms with Crippen molar-refractivity contribution in [2.45, 2.75) is 39.2 Å². The lowest BCUT2D eigenvalue weighted by atomic mass is 9.94. The number of hydrogen-bond donors (Lipinski definition) is 1. The molecule has 1 fully saturated rings. The van der Waals surface area contributed by atoms with E-state index in [9.17, 15) is 0 Å². The highest BCUT2D eigenvalue weighted by molar-refractivity contribution is 14.0. The van der Waals surface area contributed by atoms with E-state index >= 15 is 0 Å². The van der Waals surface area contributed by atoms with E-state index < -0.39 is 0 Å². The van der Waals surface area contributed by atoms with Gasteiger partial charge in [0.1, 0.15) is 5.76 Å². The van der Waals surface area contributed by atoms with E-state index in [2.05, 4.69) is 41.0 Å². The van der Waals surface area contributed by atoms with Gasteiger partial charge in [0, 0.05) is 38.6 Å². The SMILES string of the molecule is CN=C(NCc1ncc(C(C)(C)C)o1)N(C)CC1CCOC1.I. The molecule has 1 N–H and O–H groups in total. The standard InChI is InChI=1S/C16H28N4O2.HI/c1-16(2,3)13-8-18-14(22-13)9-19-15(17-4)20(5)10-12-6-7-21-11-12;/h8,12H,6-7,9-11H2,1-5H3,(H,17,19);1H. The fourth-order valence-electron chi connectivity index (χ4n) is 2.48. The number of rotatable bonds is 4. The number of nitrogens with zero attached hydrogens (tertiary/aromatic N) is 3. The lowest BCUT2D eigenvalue weighted by molar-refractivity contribution is 0.181. The van der Waals surface area contributed by atoms with Crippen LogP contribution in [-0.2, 0) is 16.7 Å². The second-order valence-electron chi connectivity index (χ2n) is 6.88. The van der Waals surface area contributed by atoms with Gasteiger partial charge in [0.15, 0.2) is 5.96 Å². The Morgan fingerprint density at radius 2 is 2.22 bits per heavy atom. The normalized spacial score (nSPS) is 18.7. The summed E-state index contributed by atoms with van der Waals surface area (Å²) >= 11 is 0. The van der Waals surface area contributed by atoms with Crippen molar-refractivity contribution in [1.82, 2.24) is 15.2 Å². The largest absolute Gasteiger partial charge is 0.443 e. The summed E-state index contributed by atoms with van der Waals surface area (Å²) in [4.78, 5) is 10.8. The Balaban J connectivity index is 0.00000264. The van der Waals surface area contributed by atoms with Crippen molar-refractivity contribution in [3.8, 4) is 0 Å². The Bertz CT molecular complexity index is 504. The quantitative estimate of drug-likeness (QED) is 0.447. The predicted octanol–water partition coefficient (Wildman–Crippen LogP) is 2.63. The predicted molar refractivity (Wildman–Crippen MR) is 102 cm³/mol. The van der Waals surface area contributed by atoms with Crippen molar-refractivity contribution in [2.24, 2.45) is 10.9 Å². The fourth-order valence-corrected chi connectivity index (χ4v) is 2.48. The van der Waals surface area contributed by atoms with Crippen LogP contribution in [0.15, 0.2) is 15.6 Å². The second-order valence-corrected chi connectivity index (χ2v) is 6.88. The molecule has 7 heteroatoms. The van der Waals surface area contributed by atoms with E-state index in [1.165, 1.54) is 0 Å². The van der Waals surface area contributed by atoms with Gasteiger partial charge in [-0.1, -0.05) is 20.8 Å². The highest BCUT2D eigenvalue weighted by Gasteiger charge is 2.21. The zero-order valence-electron chi connectivity index (χ0n) is 14.8. The first-order valence-electron chi connectivity index (χ1n) is 7.85.